The molecule has 1 fully saturated rings. The van der Waals surface area contributed by atoms with Crippen molar-refractivity contribution >= 4 is 21.8 Å². The van der Waals surface area contributed by atoms with Gasteiger partial charge in [-0.25, -0.2) is 9.97 Å². The van der Waals surface area contributed by atoms with Crippen molar-refractivity contribution in [1.29, 1.82) is 0 Å². The van der Waals surface area contributed by atoms with Crippen LogP contribution in [0.1, 0.15) is 18.4 Å². The third-order valence-corrected chi connectivity index (χ3v) is 6.31. The van der Waals surface area contributed by atoms with Crippen molar-refractivity contribution in [2.45, 2.75) is 19.0 Å². The molecule has 0 saturated carbocycles. The number of rotatable bonds is 6. The van der Waals surface area contributed by atoms with E-state index in [9.17, 15) is 13.2 Å². The third kappa shape index (κ3) is 4.99. The Hall–Kier alpha value is -3.66. The number of likely N-dealkylation sites (tertiary alicyclic amines) is 1. The van der Waals surface area contributed by atoms with Crippen molar-refractivity contribution in [2.75, 3.05) is 33.9 Å². The second-order valence-corrected chi connectivity index (χ2v) is 8.92. The minimum Gasteiger partial charge on any atom is -0.493 e. The van der Waals surface area contributed by atoms with E-state index in [1.54, 1.807) is 19.2 Å². The Labute approximate surface area is 205 Å². The first-order valence-electron chi connectivity index (χ1n) is 11.6. The molecule has 36 heavy (non-hydrogen) atoms. The lowest BCUT2D eigenvalue weighted by molar-refractivity contribution is -0.136. The van der Waals surface area contributed by atoms with E-state index in [1.165, 1.54) is 24.5 Å². The van der Waals surface area contributed by atoms with Crippen molar-refractivity contribution in [3.63, 3.8) is 0 Å². The van der Waals surface area contributed by atoms with Gasteiger partial charge in [-0.05, 0) is 50.7 Å². The molecule has 5 rings (SSSR count). The maximum atomic E-state index is 13.3. The van der Waals surface area contributed by atoms with Crippen LogP contribution in [0.2, 0.25) is 0 Å². The van der Waals surface area contributed by atoms with Crippen LogP contribution in [0.15, 0.2) is 48.9 Å². The Morgan fingerprint density at radius 3 is 2.61 bits per heavy atom. The highest BCUT2D eigenvalue weighted by Crippen LogP contribution is 2.38. The van der Waals surface area contributed by atoms with Gasteiger partial charge in [-0.3, -0.25) is 4.98 Å². The zero-order valence-corrected chi connectivity index (χ0v) is 19.9. The second-order valence-electron chi connectivity index (χ2n) is 8.92. The molecule has 2 aromatic heterocycles. The molecule has 7 nitrogen and oxygen atoms in total. The van der Waals surface area contributed by atoms with Crippen molar-refractivity contribution in [3.8, 4) is 23.1 Å². The summed E-state index contributed by atoms with van der Waals surface area (Å²) in [5.74, 6) is 2.08. The zero-order chi connectivity index (χ0) is 25.3. The van der Waals surface area contributed by atoms with E-state index in [1.807, 2.05) is 0 Å². The molecule has 0 amide bonds. The summed E-state index contributed by atoms with van der Waals surface area (Å²) in [4.78, 5) is 15.0. The number of ether oxygens (including phenoxy) is 3. The highest BCUT2D eigenvalue weighted by atomic mass is 19.4. The molecular formula is C26H25F3N4O3. The fourth-order valence-electron chi connectivity index (χ4n) is 4.56. The monoisotopic (exact) mass is 498 g/mol. The molecule has 188 valence electrons. The van der Waals surface area contributed by atoms with Crippen LogP contribution in [0.4, 0.5) is 13.2 Å². The van der Waals surface area contributed by atoms with Gasteiger partial charge >= 0.3 is 6.18 Å². The number of fused-ring (bicyclic) bond motifs is 2. The van der Waals surface area contributed by atoms with E-state index in [0.717, 1.165) is 38.2 Å². The lowest BCUT2D eigenvalue weighted by Gasteiger charge is -2.29. The third-order valence-electron chi connectivity index (χ3n) is 6.31. The Balaban J connectivity index is 1.42. The van der Waals surface area contributed by atoms with Crippen LogP contribution in [0.25, 0.3) is 21.8 Å². The molecule has 0 bridgehead atoms. The summed E-state index contributed by atoms with van der Waals surface area (Å²) in [5.41, 5.74) is 0.0146. The Morgan fingerprint density at radius 1 is 1.00 bits per heavy atom. The van der Waals surface area contributed by atoms with Crippen LogP contribution in [-0.2, 0) is 6.18 Å². The van der Waals surface area contributed by atoms with Gasteiger partial charge in [0, 0.05) is 36.2 Å². The first-order valence-corrected chi connectivity index (χ1v) is 11.6. The average Bonchev–Trinajstić information content (AvgIpc) is 2.86. The number of nitrogens with zero attached hydrogens (tertiary/aromatic N) is 4. The van der Waals surface area contributed by atoms with E-state index < -0.39 is 11.7 Å². The highest BCUT2D eigenvalue weighted by molar-refractivity contribution is 5.87. The molecule has 1 atom stereocenters. The van der Waals surface area contributed by atoms with Crippen LogP contribution in [-0.4, -0.2) is 53.7 Å². The molecule has 1 aliphatic rings. The normalized spacial score (nSPS) is 16.9. The molecule has 0 aliphatic carbocycles. The maximum Gasteiger partial charge on any atom is 0.417 e. The molecule has 0 unspecified atom stereocenters. The summed E-state index contributed by atoms with van der Waals surface area (Å²) in [6.07, 6.45) is 0.286. The topological polar surface area (TPSA) is 69.6 Å². The number of pyridine rings is 1. The summed E-state index contributed by atoms with van der Waals surface area (Å²) in [5, 5.41) is 0.578. The van der Waals surface area contributed by atoms with Crippen LogP contribution in [0, 0.1) is 5.92 Å². The van der Waals surface area contributed by atoms with Gasteiger partial charge < -0.3 is 19.1 Å². The van der Waals surface area contributed by atoms with Gasteiger partial charge in [-0.1, -0.05) is 0 Å². The van der Waals surface area contributed by atoms with Gasteiger partial charge in [-0.15, -0.1) is 0 Å². The van der Waals surface area contributed by atoms with Crippen LogP contribution in [0.5, 0.6) is 23.1 Å². The first kappa shape index (κ1) is 24.1. The van der Waals surface area contributed by atoms with Crippen LogP contribution in [0.3, 0.4) is 0 Å². The van der Waals surface area contributed by atoms with Crippen LogP contribution < -0.4 is 14.2 Å². The lowest BCUT2D eigenvalue weighted by atomic mass is 9.99. The van der Waals surface area contributed by atoms with E-state index in [0.29, 0.717) is 40.7 Å². The number of hydrogen-bond acceptors (Lipinski definition) is 7. The Bertz CT molecular complexity index is 1400. The fraction of sp³-hybridized carbons (Fsp3) is 0.346. The molecule has 0 spiro atoms. The Kier molecular flexibility index (Phi) is 6.53. The predicted octanol–water partition coefficient (Wildman–Crippen LogP) is 5.72. The minimum absolute atomic E-state index is 0.00230. The fourth-order valence-corrected chi connectivity index (χ4v) is 4.56. The average molecular weight is 499 g/mol. The molecule has 2 aromatic carbocycles. The van der Waals surface area contributed by atoms with E-state index >= 15 is 0 Å². The van der Waals surface area contributed by atoms with Crippen molar-refractivity contribution in [2.24, 2.45) is 5.92 Å². The van der Waals surface area contributed by atoms with Gasteiger partial charge in [0.25, 0.3) is 0 Å². The summed E-state index contributed by atoms with van der Waals surface area (Å²) in [7, 11) is 3.67. The van der Waals surface area contributed by atoms with E-state index in [4.69, 9.17) is 14.2 Å². The zero-order valence-electron chi connectivity index (χ0n) is 19.9. The van der Waals surface area contributed by atoms with Gasteiger partial charge in [0.1, 0.15) is 12.1 Å². The molecular weight excluding hydrogens is 473 g/mol. The Morgan fingerprint density at radius 2 is 1.83 bits per heavy atom. The highest BCUT2D eigenvalue weighted by Gasteiger charge is 2.32. The number of methoxy groups -OCH3 is 1. The van der Waals surface area contributed by atoms with Gasteiger partial charge in [0.05, 0.1) is 35.7 Å². The SMILES string of the molecule is COc1cc2c(Oc3ccc4c(C(F)(F)F)ccnc4c3)ncnc2cc1OC[C@H]1CCCN(C)C1. The largest absolute Gasteiger partial charge is 0.493 e. The number of halogens is 3. The van der Waals surface area contributed by atoms with Crippen molar-refractivity contribution in [1.82, 2.24) is 19.9 Å². The second kappa shape index (κ2) is 9.77. The number of hydrogen-bond donors (Lipinski definition) is 0. The standard InChI is InChI=1S/C26H25F3N4O3/c1-33-9-3-4-16(13-33)14-35-24-12-22-19(11-23(24)34-2)25(32-15-31-22)36-17-5-6-18-20(26(27,28)29)7-8-30-21(18)10-17/h5-8,10-12,15-16H,3-4,9,13-14H2,1-2H3/t16-/m0/s1. The summed E-state index contributed by atoms with van der Waals surface area (Å²) in [6, 6.07) is 8.75. The number of benzene rings is 2. The summed E-state index contributed by atoms with van der Waals surface area (Å²) < 4.78 is 57.6. The smallest absolute Gasteiger partial charge is 0.417 e. The quantitative estimate of drug-likeness (QED) is 0.337. The number of aromatic nitrogens is 3. The number of alkyl halides is 3. The van der Waals surface area contributed by atoms with Gasteiger partial charge in [0.15, 0.2) is 11.5 Å². The first-order chi connectivity index (χ1) is 17.3. The summed E-state index contributed by atoms with van der Waals surface area (Å²) >= 11 is 0. The van der Waals surface area contributed by atoms with Crippen LogP contribution >= 0.6 is 0 Å². The van der Waals surface area contributed by atoms with Crippen molar-refractivity contribution < 1.29 is 27.4 Å². The molecule has 0 radical (unpaired) electrons. The van der Waals surface area contributed by atoms with Gasteiger partial charge in [-0.2, -0.15) is 13.2 Å². The minimum atomic E-state index is -4.48. The molecule has 10 heteroatoms. The maximum absolute atomic E-state index is 13.3. The molecule has 0 N–H and O–H groups in total. The lowest BCUT2D eigenvalue weighted by Crippen LogP contribution is -2.34. The predicted molar refractivity (Wildman–Crippen MR) is 129 cm³/mol. The van der Waals surface area contributed by atoms with E-state index in [2.05, 4.69) is 26.9 Å². The molecule has 4 aromatic rings. The molecule has 1 aliphatic heterocycles. The summed E-state index contributed by atoms with van der Waals surface area (Å²) in [6.45, 7) is 2.66. The molecule has 3 heterocycles. The van der Waals surface area contributed by atoms with Gasteiger partial charge in [0.2, 0.25) is 5.88 Å². The molecule has 1 saturated heterocycles. The number of piperidine rings is 1. The van der Waals surface area contributed by atoms with E-state index in [-0.39, 0.29) is 16.8 Å². The van der Waals surface area contributed by atoms with Crippen molar-refractivity contribution in [3.05, 3.63) is 54.5 Å².